The first-order chi connectivity index (χ1) is 19.8. The van der Waals surface area contributed by atoms with E-state index in [4.69, 9.17) is 0 Å². The van der Waals surface area contributed by atoms with Gasteiger partial charge in [0.1, 0.15) is 5.82 Å². The highest BCUT2D eigenvalue weighted by Gasteiger charge is 2.60. The first kappa shape index (κ1) is 28.9. The van der Waals surface area contributed by atoms with Gasteiger partial charge < -0.3 is 9.80 Å². The third kappa shape index (κ3) is 4.13. The SMILES string of the molecule is CC(C)c1cccc(C(C)C)c1N1C2=C3N(c4c(C(C)C)cccc4C(C)C)C(C)(C)CC3(C)CN2c2ccccc21. The van der Waals surface area contributed by atoms with Crippen molar-refractivity contribution in [2.45, 2.75) is 112 Å². The van der Waals surface area contributed by atoms with Crippen LogP contribution in [-0.4, -0.2) is 12.1 Å². The minimum Gasteiger partial charge on any atom is -0.335 e. The third-order valence-corrected chi connectivity index (χ3v) is 9.96. The number of anilines is 4. The van der Waals surface area contributed by atoms with Crippen molar-refractivity contribution in [3.8, 4) is 0 Å². The van der Waals surface area contributed by atoms with Gasteiger partial charge in [0.2, 0.25) is 0 Å². The van der Waals surface area contributed by atoms with Crippen LogP contribution >= 0.6 is 0 Å². The fraction of sp³-hybridized carbons (Fsp3) is 0.487. The van der Waals surface area contributed by atoms with E-state index in [1.807, 2.05) is 0 Å². The first-order valence-electron chi connectivity index (χ1n) is 16.3. The second kappa shape index (κ2) is 9.93. The number of hydrogen-bond acceptors (Lipinski definition) is 3. The maximum atomic E-state index is 2.80. The predicted octanol–water partition coefficient (Wildman–Crippen LogP) is 11.0. The molecule has 1 saturated heterocycles. The highest BCUT2D eigenvalue weighted by atomic mass is 15.5. The topological polar surface area (TPSA) is 9.72 Å². The summed E-state index contributed by atoms with van der Waals surface area (Å²) in [5.74, 6) is 3.09. The number of nitrogens with zero attached hydrogens (tertiary/aromatic N) is 3. The Balaban J connectivity index is 1.73. The van der Waals surface area contributed by atoms with Gasteiger partial charge in [-0.25, -0.2) is 0 Å². The molecule has 3 heteroatoms. The Labute approximate surface area is 255 Å². The Morgan fingerprint density at radius 1 is 0.571 bits per heavy atom. The normalized spacial score (nSPS) is 21.0. The van der Waals surface area contributed by atoms with Crippen LogP contribution < -0.4 is 14.7 Å². The Morgan fingerprint density at radius 2 is 1.02 bits per heavy atom. The molecule has 3 heterocycles. The van der Waals surface area contributed by atoms with Gasteiger partial charge in [0, 0.05) is 23.2 Å². The molecule has 0 aromatic heterocycles. The second-order valence-corrected chi connectivity index (χ2v) is 15.2. The average Bonchev–Trinajstić information content (AvgIpc) is 3.45. The lowest BCUT2D eigenvalue weighted by molar-refractivity contribution is 0.376. The van der Waals surface area contributed by atoms with E-state index >= 15 is 0 Å². The molecule has 0 N–H and O–H groups in total. The summed E-state index contributed by atoms with van der Waals surface area (Å²) in [6.07, 6.45) is 1.12. The molecule has 222 valence electrons. The zero-order valence-electron chi connectivity index (χ0n) is 27.8. The largest absolute Gasteiger partial charge is 0.335 e. The van der Waals surface area contributed by atoms with Crippen LogP contribution in [0.4, 0.5) is 22.7 Å². The lowest BCUT2D eigenvalue weighted by atomic mass is 9.83. The Bertz CT molecular complexity index is 1500. The molecule has 3 aromatic carbocycles. The summed E-state index contributed by atoms with van der Waals surface area (Å²) in [7, 11) is 0. The third-order valence-electron chi connectivity index (χ3n) is 9.96. The second-order valence-electron chi connectivity index (χ2n) is 15.2. The smallest absolute Gasteiger partial charge is 0.139 e. The molecule has 0 spiro atoms. The first-order valence-corrected chi connectivity index (χ1v) is 16.3. The fourth-order valence-corrected chi connectivity index (χ4v) is 8.34. The highest BCUT2D eigenvalue weighted by Crippen LogP contribution is 2.63. The van der Waals surface area contributed by atoms with E-state index in [-0.39, 0.29) is 11.0 Å². The highest BCUT2D eigenvalue weighted by molar-refractivity contribution is 5.93. The van der Waals surface area contributed by atoms with E-state index in [2.05, 4.69) is 152 Å². The molecule has 0 amide bonds. The summed E-state index contributed by atoms with van der Waals surface area (Å²) >= 11 is 0. The molecule has 6 rings (SSSR count). The Morgan fingerprint density at radius 3 is 1.50 bits per heavy atom. The fourth-order valence-electron chi connectivity index (χ4n) is 8.34. The standard InChI is InChI=1S/C39H51N3/c1-24(2)28-16-14-17-29(25(3)4)34(28)41-33-21-13-12-20-32(33)40-23-39(11)22-38(9,10)42(36(39)37(40)41)35-30(26(5)6)18-15-19-31(35)27(7)8/h12-21,24-27H,22-23H2,1-11H3. The summed E-state index contributed by atoms with van der Waals surface area (Å²) < 4.78 is 0. The van der Waals surface area contributed by atoms with Crippen molar-refractivity contribution >= 4 is 22.7 Å². The van der Waals surface area contributed by atoms with Crippen molar-refractivity contribution in [1.82, 2.24) is 0 Å². The van der Waals surface area contributed by atoms with Crippen LogP contribution in [0.3, 0.4) is 0 Å². The molecule has 1 fully saturated rings. The molecule has 0 radical (unpaired) electrons. The Kier molecular flexibility index (Phi) is 6.83. The van der Waals surface area contributed by atoms with Gasteiger partial charge in [-0.2, -0.15) is 0 Å². The van der Waals surface area contributed by atoms with Crippen LogP contribution in [0.1, 0.15) is 129 Å². The van der Waals surface area contributed by atoms with E-state index in [0.29, 0.717) is 23.7 Å². The monoisotopic (exact) mass is 561 g/mol. The maximum Gasteiger partial charge on any atom is 0.139 e. The zero-order chi connectivity index (χ0) is 30.3. The van der Waals surface area contributed by atoms with Crippen LogP contribution in [-0.2, 0) is 0 Å². The summed E-state index contributed by atoms with van der Waals surface area (Å²) in [6.45, 7) is 27.3. The molecule has 3 nitrogen and oxygen atoms in total. The van der Waals surface area contributed by atoms with Crippen molar-refractivity contribution in [3.05, 3.63) is 94.4 Å². The maximum absolute atomic E-state index is 2.80. The molecular formula is C39H51N3. The van der Waals surface area contributed by atoms with Crippen LogP contribution in [0.2, 0.25) is 0 Å². The van der Waals surface area contributed by atoms with Gasteiger partial charge in [0.05, 0.1) is 22.8 Å². The summed E-state index contributed by atoms with van der Waals surface area (Å²) in [5.41, 5.74) is 12.7. The average molecular weight is 562 g/mol. The van der Waals surface area contributed by atoms with E-state index in [9.17, 15) is 0 Å². The summed E-state index contributed by atoms with van der Waals surface area (Å²) in [5, 5.41) is 0. The van der Waals surface area contributed by atoms with Gasteiger partial charge in [-0.1, -0.05) is 111 Å². The van der Waals surface area contributed by atoms with Crippen LogP contribution in [0, 0.1) is 5.41 Å². The van der Waals surface area contributed by atoms with Gasteiger partial charge in [-0.05, 0) is 78.3 Å². The molecule has 42 heavy (non-hydrogen) atoms. The quantitative estimate of drug-likeness (QED) is 0.296. The molecule has 0 bridgehead atoms. The van der Waals surface area contributed by atoms with Gasteiger partial charge in [-0.15, -0.1) is 0 Å². The van der Waals surface area contributed by atoms with E-state index in [1.54, 1.807) is 0 Å². The molecule has 1 unspecified atom stereocenters. The minimum atomic E-state index is -0.0172. The number of para-hydroxylation sites is 4. The van der Waals surface area contributed by atoms with Crippen molar-refractivity contribution in [3.63, 3.8) is 0 Å². The van der Waals surface area contributed by atoms with Crippen LogP contribution in [0.25, 0.3) is 0 Å². The molecule has 3 aliphatic rings. The number of rotatable bonds is 6. The molecule has 3 aromatic rings. The zero-order valence-corrected chi connectivity index (χ0v) is 27.8. The minimum absolute atomic E-state index is 0.0172. The van der Waals surface area contributed by atoms with Gasteiger partial charge in [0.25, 0.3) is 0 Å². The molecule has 1 atom stereocenters. The molecule has 3 aliphatic heterocycles. The molecular weight excluding hydrogens is 510 g/mol. The number of hydrogen-bond donors (Lipinski definition) is 0. The van der Waals surface area contributed by atoms with Crippen molar-refractivity contribution in [2.24, 2.45) is 5.41 Å². The lowest BCUT2D eigenvalue weighted by Gasteiger charge is -2.40. The van der Waals surface area contributed by atoms with E-state index < -0.39 is 0 Å². The van der Waals surface area contributed by atoms with Crippen LogP contribution in [0.5, 0.6) is 0 Å². The lowest BCUT2D eigenvalue weighted by Crippen LogP contribution is -2.41. The Hall–Kier alpha value is -3.20. The van der Waals surface area contributed by atoms with Crippen molar-refractivity contribution < 1.29 is 0 Å². The van der Waals surface area contributed by atoms with Crippen molar-refractivity contribution in [2.75, 3.05) is 21.2 Å². The van der Waals surface area contributed by atoms with E-state index in [0.717, 1.165) is 13.0 Å². The number of benzene rings is 3. The van der Waals surface area contributed by atoms with Gasteiger partial charge in [0.15, 0.2) is 0 Å². The molecule has 0 aliphatic carbocycles. The predicted molar refractivity (Wildman–Crippen MR) is 181 cm³/mol. The molecule has 0 saturated carbocycles. The van der Waals surface area contributed by atoms with Gasteiger partial charge >= 0.3 is 0 Å². The number of fused-ring (bicyclic) bond motifs is 4. The van der Waals surface area contributed by atoms with Crippen molar-refractivity contribution in [1.29, 1.82) is 0 Å². The van der Waals surface area contributed by atoms with Gasteiger partial charge in [-0.3, -0.25) is 4.90 Å². The van der Waals surface area contributed by atoms with Crippen LogP contribution in [0.15, 0.2) is 72.2 Å². The summed E-state index contributed by atoms with van der Waals surface area (Å²) in [6, 6.07) is 23.1. The van der Waals surface area contributed by atoms with E-state index in [1.165, 1.54) is 56.5 Å². The summed E-state index contributed by atoms with van der Waals surface area (Å²) in [4.78, 5) is 8.13.